The van der Waals surface area contributed by atoms with Gasteiger partial charge in [-0.1, -0.05) is 37.1 Å². The van der Waals surface area contributed by atoms with E-state index >= 15 is 0 Å². The second-order valence-electron chi connectivity index (χ2n) is 8.93. The summed E-state index contributed by atoms with van der Waals surface area (Å²) >= 11 is 1.59. The minimum absolute atomic E-state index is 0.158. The second-order valence-corrected chi connectivity index (χ2v) is 9.65. The molecule has 0 aliphatic heterocycles. The molecule has 4 aromatic rings. The molecule has 33 heavy (non-hydrogen) atoms. The maximum absolute atomic E-state index is 13.3. The summed E-state index contributed by atoms with van der Waals surface area (Å²) in [6, 6.07) is 10.2. The predicted octanol–water partition coefficient (Wildman–Crippen LogP) is 4.93. The normalized spacial score (nSPS) is 18.5. The molecule has 1 saturated carbocycles. The number of H-pyrrole nitrogens is 1. The molecule has 0 radical (unpaired) electrons. The van der Waals surface area contributed by atoms with Crippen LogP contribution in [0.3, 0.4) is 0 Å². The molecule has 5 rings (SSSR count). The fourth-order valence-corrected chi connectivity index (χ4v) is 5.28. The fourth-order valence-electron chi connectivity index (χ4n) is 4.72. The van der Waals surface area contributed by atoms with Crippen molar-refractivity contribution in [1.82, 2.24) is 20.3 Å². The van der Waals surface area contributed by atoms with Crippen molar-refractivity contribution in [3.63, 3.8) is 0 Å². The number of aromatic amines is 1. The van der Waals surface area contributed by atoms with Gasteiger partial charge < -0.3 is 15.4 Å². The number of thiazole rings is 1. The lowest BCUT2D eigenvalue weighted by Gasteiger charge is -2.28. The molecule has 3 N–H and O–H groups in total. The number of benzene rings is 2. The van der Waals surface area contributed by atoms with E-state index in [0.29, 0.717) is 12.0 Å². The lowest BCUT2D eigenvalue weighted by atomic mass is 9.92. The third kappa shape index (κ3) is 4.43. The summed E-state index contributed by atoms with van der Waals surface area (Å²) in [6.07, 6.45) is 3.80. The summed E-state index contributed by atoms with van der Waals surface area (Å²) in [7, 11) is 0. The number of amides is 1. The molecule has 2 aromatic heterocycles. The van der Waals surface area contributed by atoms with Gasteiger partial charge in [-0.25, -0.2) is 9.97 Å². The number of aliphatic hydroxyl groups is 1. The number of imidazole rings is 1. The van der Waals surface area contributed by atoms with E-state index in [9.17, 15) is 9.90 Å². The molecule has 0 unspecified atom stereocenters. The van der Waals surface area contributed by atoms with Crippen molar-refractivity contribution in [3.8, 4) is 11.3 Å². The van der Waals surface area contributed by atoms with Crippen LogP contribution in [-0.4, -0.2) is 38.1 Å². The summed E-state index contributed by atoms with van der Waals surface area (Å²) in [6.45, 7) is 3.97. The van der Waals surface area contributed by atoms with Gasteiger partial charge in [0.1, 0.15) is 5.82 Å². The quantitative estimate of drug-likeness (QED) is 0.394. The molecule has 170 valence electrons. The highest BCUT2D eigenvalue weighted by atomic mass is 32.1. The van der Waals surface area contributed by atoms with E-state index in [0.717, 1.165) is 70.5 Å². The topological polar surface area (TPSA) is 90.9 Å². The summed E-state index contributed by atoms with van der Waals surface area (Å²) in [5.74, 6) is 0.624. The molecule has 2 heterocycles. The number of hydrogen-bond acceptors (Lipinski definition) is 5. The SMILES string of the molecule is Cc1nc2c(C)c(Cc3ccc(-c4cscn4)cc3)cc(C(=O)N[C@H]3CCCC[C@@H]3O)c2[nH]1. The van der Waals surface area contributed by atoms with Gasteiger partial charge in [-0.2, -0.15) is 0 Å². The Labute approximate surface area is 197 Å². The van der Waals surface area contributed by atoms with Crippen LogP contribution in [-0.2, 0) is 6.42 Å². The van der Waals surface area contributed by atoms with Crippen LogP contribution in [0.15, 0.2) is 41.2 Å². The van der Waals surface area contributed by atoms with Gasteiger partial charge in [-0.15, -0.1) is 11.3 Å². The molecule has 1 aliphatic rings. The van der Waals surface area contributed by atoms with E-state index in [1.165, 1.54) is 0 Å². The summed E-state index contributed by atoms with van der Waals surface area (Å²) in [4.78, 5) is 25.6. The van der Waals surface area contributed by atoms with Crippen molar-refractivity contribution in [1.29, 1.82) is 0 Å². The Bertz CT molecular complexity index is 1280. The van der Waals surface area contributed by atoms with Crippen molar-refractivity contribution in [2.45, 2.75) is 58.1 Å². The van der Waals surface area contributed by atoms with Crippen LogP contribution in [0, 0.1) is 13.8 Å². The molecule has 0 bridgehead atoms. The largest absolute Gasteiger partial charge is 0.391 e. The molecule has 0 spiro atoms. The zero-order chi connectivity index (χ0) is 22.9. The Morgan fingerprint density at radius 3 is 2.73 bits per heavy atom. The van der Waals surface area contributed by atoms with Crippen molar-refractivity contribution in [3.05, 3.63) is 69.3 Å². The van der Waals surface area contributed by atoms with E-state index in [4.69, 9.17) is 0 Å². The van der Waals surface area contributed by atoms with Crippen LogP contribution in [0.1, 0.15) is 58.6 Å². The Hall–Kier alpha value is -3.03. The lowest BCUT2D eigenvalue weighted by Crippen LogP contribution is -2.45. The van der Waals surface area contributed by atoms with Gasteiger partial charge in [0.05, 0.1) is 39.9 Å². The third-order valence-corrected chi connectivity index (χ3v) is 7.20. The first-order chi connectivity index (χ1) is 16.0. The number of aromatic nitrogens is 3. The molecule has 0 saturated heterocycles. The van der Waals surface area contributed by atoms with Gasteiger partial charge in [0.15, 0.2) is 0 Å². The molecular weight excluding hydrogens is 432 g/mol. The van der Waals surface area contributed by atoms with Gasteiger partial charge in [-0.05, 0) is 55.9 Å². The number of hydrogen-bond donors (Lipinski definition) is 3. The number of rotatable bonds is 5. The molecule has 7 heteroatoms. The van der Waals surface area contributed by atoms with Gasteiger partial charge >= 0.3 is 0 Å². The Morgan fingerprint density at radius 2 is 2.00 bits per heavy atom. The number of carbonyl (C=O) groups excluding carboxylic acids is 1. The Kier molecular flexibility index (Phi) is 6.00. The first-order valence-electron chi connectivity index (χ1n) is 11.4. The van der Waals surface area contributed by atoms with Crippen molar-refractivity contribution >= 4 is 28.3 Å². The van der Waals surface area contributed by atoms with E-state index < -0.39 is 6.10 Å². The number of fused-ring (bicyclic) bond motifs is 1. The van der Waals surface area contributed by atoms with E-state index in [2.05, 4.69) is 51.5 Å². The number of aryl methyl sites for hydroxylation is 2. The maximum Gasteiger partial charge on any atom is 0.253 e. The van der Waals surface area contributed by atoms with Crippen LogP contribution >= 0.6 is 11.3 Å². The lowest BCUT2D eigenvalue weighted by molar-refractivity contribution is 0.0718. The molecule has 2 aromatic carbocycles. The minimum Gasteiger partial charge on any atom is -0.391 e. The molecule has 1 amide bonds. The van der Waals surface area contributed by atoms with Crippen LogP contribution in [0.25, 0.3) is 22.3 Å². The van der Waals surface area contributed by atoms with Gasteiger partial charge in [0.2, 0.25) is 0 Å². The third-order valence-electron chi connectivity index (χ3n) is 6.61. The molecular formula is C26H28N4O2S. The molecule has 6 nitrogen and oxygen atoms in total. The van der Waals surface area contributed by atoms with E-state index in [1.807, 2.05) is 23.9 Å². The van der Waals surface area contributed by atoms with Crippen LogP contribution in [0.2, 0.25) is 0 Å². The molecule has 1 aliphatic carbocycles. The number of carbonyl (C=O) groups is 1. The average Bonchev–Trinajstić information content (AvgIpc) is 3.48. The predicted molar refractivity (Wildman–Crippen MR) is 132 cm³/mol. The zero-order valence-corrected chi connectivity index (χ0v) is 19.7. The highest BCUT2D eigenvalue weighted by molar-refractivity contribution is 7.07. The molecule has 2 atom stereocenters. The summed E-state index contributed by atoms with van der Waals surface area (Å²) < 4.78 is 0. The van der Waals surface area contributed by atoms with Crippen molar-refractivity contribution < 1.29 is 9.90 Å². The number of nitrogens with one attached hydrogen (secondary N) is 2. The van der Waals surface area contributed by atoms with Crippen molar-refractivity contribution in [2.24, 2.45) is 0 Å². The Balaban J connectivity index is 1.46. The van der Waals surface area contributed by atoms with Gasteiger partial charge in [-0.3, -0.25) is 4.79 Å². The van der Waals surface area contributed by atoms with Crippen molar-refractivity contribution in [2.75, 3.05) is 0 Å². The number of nitrogens with zero attached hydrogens (tertiary/aromatic N) is 2. The zero-order valence-electron chi connectivity index (χ0n) is 18.9. The van der Waals surface area contributed by atoms with Crippen LogP contribution in [0.4, 0.5) is 0 Å². The molecule has 1 fully saturated rings. The van der Waals surface area contributed by atoms with Crippen LogP contribution in [0.5, 0.6) is 0 Å². The van der Waals surface area contributed by atoms with Crippen LogP contribution < -0.4 is 5.32 Å². The Morgan fingerprint density at radius 1 is 1.21 bits per heavy atom. The summed E-state index contributed by atoms with van der Waals surface area (Å²) in [5, 5.41) is 15.4. The monoisotopic (exact) mass is 460 g/mol. The van der Waals surface area contributed by atoms with Gasteiger partial charge in [0.25, 0.3) is 5.91 Å². The standard InChI is InChI=1S/C26H28N4O2S/c1-15-19(11-17-7-9-18(10-8-17)22-13-33-14-27-22)12-20(25-24(15)28-16(2)29-25)26(32)30-21-5-3-4-6-23(21)31/h7-10,12-14,21,23,31H,3-6,11H2,1-2H3,(H,28,29)(H,30,32)/t21-,23-/m0/s1. The first-order valence-corrected chi connectivity index (χ1v) is 12.4. The highest BCUT2D eigenvalue weighted by Crippen LogP contribution is 2.28. The smallest absolute Gasteiger partial charge is 0.253 e. The fraction of sp³-hybridized carbons (Fsp3) is 0.346. The van der Waals surface area contributed by atoms with E-state index in [1.54, 1.807) is 11.3 Å². The summed E-state index contributed by atoms with van der Waals surface area (Å²) in [5.41, 5.74) is 9.42. The maximum atomic E-state index is 13.3. The minimum atomic E-state index is -0.483. The highest BCUT2D eigenvalue weighted by Gasteiger charge is 2.26. The average molecular weight is 461 g/mol. The second kappa shape index (κ2) is 9.08. The first kappa shape index (κ1) is 21.8. The number of aliphatic hydroxyl groups excluding tert-OH is 1. The van der Waals surface area contributed by atoms with Gasteiger partial charge in [0, 0.05) is 10.9 Å². The van der Waals surface area contributed by atoms with E-state index in [-0.39, 0.29) is 11.9 Å².